The smallest absolute Gasteiger partial charge is 0.167 e. The molecule has 2 aromatic rings. The maximum Gasteiger partial charge on any atom is 0.167 e. The molecule has 1 heterocycles. The summed E-state index contributed by atoms with van der Waals surface area (Å²) >= 11 is 4.54. The molecule has 0 unspecified atom stereocenters. The van der Waals surface area contributed by atoms with Gasteiger partial charge in [0.25, 0.3) is 0 Å². The fourth-order valence-electron chi connectivity index (χ4n) is 2.42. The van der Waals surface area contributed by atoms with Crippen LogP contribution in [0.5, 0.6) is 0 Å². The molecular formula is C16H25N3S. The Labute approximate surface area is 127 Å². The van der Waals surface area contributed by atoms with E-state index in [2.05, 4.69) is 53.1 Å². The Kier molecular flexibility index (Phi) is 5.92. The van der Waals surface area contributed by atoms with Gasteiger partial charge in [-0.15, -0.1) is 12.6 Å². The zero-order valence-corrected chi connectivity index (χ0v) is 13.4. The molecule has 0 aliphatic rings. The Balaban J connectivity index is 2.16. The van der Waals surface area contributed by atoms with E-state index in [0.29, 0.717) is 0 Å². The van der Waals surface area contributed by atoms with Gasteiger partial charge in [-0.05, 0) is 38.1 Å². The number of fused-ring (bicyclic) bond motifs is 1. The summed E-state index contributed by atoms with van der Waals surface area (Å²) in [4.78, 5) is 7.04. The predicted molar refractivity (Wildman–Crippen MR) is 88.4 cm³/mol. The number of imidazole rings is 1. The molecule has 0 amide bonds. The first-order valence-electron chi connectivity index (χ1n) is 7.62. The quantitative estimate of drug-likeness (QED) is 0.736. The van der Waals surface area contributed by atoms with Crippen LogP contribution in [0, 0.1) is 0 Å². The van der Waals surface area contributed by atoms with Crippen molar-refractivity contribution in [3.63, 3.8) is 0 Å². The zero-order valence-electron chi connectivity index (χ0n) is 12.5. The summed E-state index contributed by atoms with van der Waals surface area (Å²) in [5, 5.41) is 0.809. The van der Waals surface area contributed by atoms with Crippen molar-refractivity contribution in [2.24, 2.45) is 0 Å². The van der Waals surface area contributed by atoms with Crippen molar-refractivity contribution < 1.29 is 0 Å². The number of benzene rings is 1. The summed E-state index contributed by atoms with van der Waals surface area (Å²) in [6, 6.07) is 8.27. The molecule has 0 atom stereocenters. The fourth-order valence-corrected chi connectivity index (χ4v) is 2.70. The standard InChI is InChI=1S/C16H25N3S/c1-3-5-11-18(12-6-4-2)13-19-15-10-8-7-9-14(15)17-16(19)20/h7-10H,3-6,11-13H2,1-2H3,(H,17,20). The largest absolute Gasteiger partial charge is 0.305 e. The van der Waals surface area contributed by atoms with Gasteiger partial charge in [0.2, 0.25) is 0 Å². The Morgan fingerprint density at radius 2 is 1.75 bits per heavy atom. The van der Waals surface area contributed by atoms with Crippen LogP contribution in [0.4, 0.5) is 0 Å². The first-order chi connectivity index (χ1) is 9.76. The van der Waals surface area contributed by atoms with Crippen LogP contribution >= 0.6 is 12.6 Å². The Bertz CT molecular complexity index is 528. The SMILES string of the molecule is CCCCN(CCCC)Cn1c(S)nc2ccccc21. The minimum absolute atomic E-state index is 0.809. The Morgan fingerprint density at radius 1 is 1.10 bits per heavy atom. The van der Waals surface area contributed by atoms with E-state index < -0.39 is 0 Å². The number of nitrogens with zero attached hydrogens (tertiary/aromatic N) is 3. The predicted octanol–water partition coefficient (Wildman–Crippen LogP) is 4.18. The molecule has 2 rings (SSSR count). The van der Waals surface area contributed by atoms with Gasteiger partial charge in [0.05, 0.1) is 17.7 Å². The zero-order chi connectivity index (χ0) is 14.4. The van der Waals surface area contributed by atoms with Gasteiger partial charge in [0, 0.05) is 0 Å². The van der Waals surface area contributed by atoms with Gasteiger partial charge in [0.1, 0.15) is 0 Å². The van der Waals surface area contributed by atoms with Crippen molar-refractivity contribution >= 4 is 23.7 Å². The van der Waals surface area contributed by atoms with Crippen LogP contribution in [-0.2, 0) is 6.67 Å². The van der Waals surface area contributed by atoms with Gasteiger partial charge in [-0.3, -0.25) is 4.90 Å². The van der Waals surface area contributed by atoms with E-state index in [1.807, 2.05) is 12.1 Å². The minimum Gasteiger partial charge on any atom is -0.305 e. The van der Waals surface area contributed by atoms with Crippen molar-refractivity contribution in [3.05, 3.63) is 24.3 Å². The third kappa shape index (κ3) is 3.76. The molecule has 0 fully saturated rings. The van der Waals surface area contributed by atoms with Crippen molar-refractivity contribution in [3.8, 4) is 0 Å². The van der Waals surface area contributed by atoms with Crippen molar-refractivity contribution in [1.29, 1.82) is 0 Å². The van der Waals surface area contributed by atoms with E-state index >= 15 is 0 Å². The van der Waals surface area contributed by atoms with E-state index in [1.54, 1.807) is 0 Å². The number of hydrogen-bond donors (Lipinski definition) is 1. The lowest BCUT2D eigenvalue weighted by atomic mass is 10.3. The maximum atomic E-state index is 4.54. The van der Waals surface area contributed by atoms with E-state index in [0.717, 1.165) is 30.4 Å². The Hall–Kier alpha value is -1.00. The number of aromatic nitrogens is 2. The van der Waals surface area contributed by atoms with Crippen LogP contribution in [0.15, 0.2) is 29.4 Å². The summed E-state index contributed by atoms with van der Waals surface area (Å²) in [6.07, 6.45) is 4.97. The molecule has 110 valence electrons. The number of unbranched alkanes of at least 4 members (excludes halogenated alkanes) is 2. The maximum absolute atomic E-state index is 4.54. The second-order valence-electron chi connectivity index (χ2n) is 5.30. The highest BCUT2D eigenvalue weighted by Crippen LogP contribution is 2.19. The molecule has 20 heavy (non-hydrogen) atoms. The van der Waals surface area contributed by atoms with Gasteiger partial charge < -0.3 is 4.57 Å². The molecule has 1 aromatic carbocycles. The van der Waals surface area contributed by atoms with Gasteiger partial charge in [-0.25, -0.2) is 4.98 Å². The van der Waals surface area contributed by atoms with Gasteiger partial charge in [-0.2, -0.15) is 0 Å². The van der Waals surface area contributed by atoms with E-state index in [4.69, 9.17) is 0 Å². The third-order valence-electron chi connectivity index (χ3n) is 3.63. The summed E-state index contributed by atoms with van der Waals surface area (Å²) in [5.74, 6) is 0. The van der Waals surface area contributed by atoms with E-state index in [1.165, 1.54) is 31.2 Å². The van der Waals surface area contributed by atoms with Crippen LogP contribution in [0.25, 0.3) is 11.0 Å². The Morgan fingerprint density at radius 3 is 2.40 bits per heavy atom. The molecule has 0 aliphatic heterocycles. The fraction of sp³-hybridized carbons (Fsp3) is 0.562. The molecule has 1 aromatic heterocycles. The van der Waals surface area contributed by atoms with Crippen LogP contribution in [0.2, 0.25) is 0 Å². The summed E-state index contributed by atoms with van der Waals surface area (Å²) in [6.45, 7) is 7.68. The normalized spacial score (nSPS) is 11.6. The van der Waals surface area contributed by atoms with Crippen LogP contribution in [-0.4, -0.2) is 27.5 Å². The van der Waals surface area contributed by atoms with Crippen LogP contribution < -0.4 is 0 Å². The van der Waals surface area contributed by atoms with E-state index in [9.17, 15) is 0 Å². The number of hydrogen-bond acceptors (Lipinski definition) is 3. The molecule has 0 bridgehead atoms. The highest BCUT2D eigenvalue weighted by molar-refractivity contribution is 7.80. The molecule has 3 nitrogen and oxygen atoms in total. The first-order valence-corrected chi connectivity index (χ1v) is 8.07. The molecule has 0 N–H and O–H groups in total. The highest BCUT2D eigenvalue weighted by Gasteiger charge is 2.11. The second kappa shape index (κ2) is 7.70. The number of para-hydroxylation sites is 2. The number of thiol groups is 1. The number of rotatable bonds is 8. The average molecular weight is 291 g/mol. The van der Waals surface area contributed by atoms with Crippen LogP contribution in [0.1, 0.15) is 39.5 Å². The topological polar surface area (TPSA) is 21.1 Å². The lowest BCUT2D eigenvalue weighted by Gasteiger charge is -2.23. The first kappa shape index (κ1) is 15.4. The van der Waals surface area contributed by atoms with Crippen LogP contribution in [0.3, 0.4) is 0 Å². The summed E-state index contributed by atoms with van der Waals surface area (Å²) in [5.41, 5.74) is 2.21. The summed E-state index contributed by atoms with van der Waals surface area (Å²) < 4.78 is 2.21. The van der Waals surface area contributed by atoms with Gasteiger partial charge in [0.15, 0.2) is 5.16 Å². The molecule has 0 saturated carbocycles. The lowest BCUT2D eigenvalue weighted by molar-refractivity contribution is 0.208. The molecule has 4 heteroatoms. The van der Waals surface area contributed by atoms with E-state index in [-0.39, 0.29) is 0 Å². The molecule has 0 spiro atoms. The molecule has 0 saturated heterocycles. The monoisotopic (exact) mass is 291 g/mol. The highest BCUT2D eigenvalue weighted by atomic mass is 32.1. The van der Waals surface area contributed by atoms with Gasteiger partial charge in [-0.1, -0.05) is 38.8 Å². The molecule has 0 radical (unpaired) electrons. The van der Waals surface area contributed by atoms with Crippen molar-refractivity contribution in [2.45, 2.75) is 51.4 Å². The summed E-state index contributed by atoms with van der Waals surface area (Å²) in [7, 11) is 0. The second-order valence-corrected chi connectivity index (χ2v) is 5.70. The lowest BCUT2D eigenvalue weighted by Crippen LogP contribution is -2.28. The molecular weight excluding hydrogens is 266 g/mol. The molecule has 0 aliphatic carbocycles. The van der Waals surface area contributed by atoms with Crippen molar-refractivity contribution in [2.75, 3.05) is 13.1 Å². The van der Waals surface area contributed by atoms with Crippen molar-refractivity contribution in [1.82, 2.24) is 14.5 Å². The third-order valence-corrected chi connectivity index (χ3v) is 3.97. The average Bonchev–Trinajstić information content (AvgIpc) is 2.78. The minimum atomic E-state index is 0.809. The van der Waals surface area contributed by atoms with Gasteiger partial charge >= 0.3 is 0 Å².